The van der Waals surface area contributed by atoms with Crippen LogP contribution in [0.25, 0.3) is 16.3 Å². The molecule has 0 saturated carbocycles. The third-order valence-electron chi connectivity index (χ3n) is 6.25. The number of nitrogens with zero attached hydrogens (tertiary/aromatic N) is 5. The molecule has 6 nitrogen and oxygen atoms in total. The van der Waals surface area contributed by atoms with Crippen molar-refractivity contribution in [2.75, 3.05) is 26.7 Å². The average Bonchev–Trinajstić information content (AvgIpc) is 3.48. The van der Waals surface area contributed by atoms with Crippen LogP contribution in [0.3, 0.4) is 0 Å². The zero-order valence-corrected chi connectivity index (χ0v) is 19.6. The first-order chi connectivity index (χ1) is 15.0. The van der Waals surface area contributed by atoms with Crippen LogP contribution in [0.15, 0.2) is 42.0 Å². The fraction of sp³-hybridized carbons (Fsp3) is 0.458. The predicted molar refractivity (Wildman–Crippen MR) is 126 cm³/mol. The molecule has 0 N–H and O–H groups in total. The number of hydrogen-bond acceptors (Lipinski definition) is 5. The minimum absolute atomic E-state index is 0.00844. The number of hydrogen-bond donors (Lipinski definition) is 0. The highest BCUT2D eigenvalue weighted by Gasteiger charge is 2.26. The van der Waals surface area contributed by atoms with E-state index < -0.39 is 0 Å². The van der Waals surface area contributed by atoms with Gasteiger partial charge in [0.05, 0.1) is 11.9 Å². The normalized spacial score (nSPS) is 15.5. The van der Waals surface area contributed by atoms with Gasteiger partial charge < -0.3 is 9.80 Å². The van der Waals surface area contributed by atoms with Crippen molar-refractivity contribution in [1.29, 1.82) is 0 Å². The first kappa shape index (κ1) is 21.7. The van der Waals surface area contributed by atoms with E-state index >= 15 is 0 Å². The Morgan fingerprint density at radius 2 is 1.94 bits per heavy atom. The number of likely N-dealkylation sites (tertiary alicyclic amines) is 1. The molecule has 3 aromatic rings. The van der Waals surface area contributed by atoms with Gasteiger partial charge in [0.25, 0.3) is 5.91 Å². The van der Waals surface area contributed by atoms with Crippen LogP contribution in [0, 0.1) is 0 Å². The van der Waals surface area contributed by atoms with Crippen LogP contribution in [0.2, 0.25) is 0 Å². The number of carbonyl (C=O) groups is 1. The maximum absolute atomic E-state index is 13.0. The van der Waals surface area contributed by atoms with Gasteiger partial charge >= 0.3 is 0 Å². The molecule has 0 spiro atoms. The number of rotatable bonds is 6. The Bertz CT molecular complexity index is 1010. The molecule has 0 bridgehead atoms. The van der Waals surface area contributed by atoms with Crippen LogP contribution in [0.1, 0.15) is 55.6 Å². The lowest BCUT2D eigenvalue weighted by molar-refractivity contribution is 0.0642. The Balaban J connectivity index is 1.44. The van der Waals surface area contributed by atoms with E-state index in [9.17, 15) is 4.79 Å². The van der Waals surface area contributed by atoms with Crippen molar-refractivity contribution in [1.82, 2.24) is 24.6 Å². The van der Waals surface area contributed by atoms with Crippen LogP contribution >= 0.6 is 11.3 Å². The number of amides is 1. The van der Waals surface area contributed by atoms with Crippen LogP contribution in [-0.4, -0.2) is 63.2 Å². The average molecular weight is 438 g/mol. The van der Waals surface area contributed by atoms with Crippen LogP contribution in [0.4, 0.5) is 0 Å². The molecule has 1 aliphatic rings. The van der Waals surface area contributed by atoms with E-state index in [-0.39, 0.29) is 11.9 Å². The van der Waals surface area contributed by atoms with Crippen LogP contribution < -0.4 is 0 Å². The van der Waals surface area contributed by atoms with Gasteiger partial charge in [-0.25, -0.2) is 9.67 Å². The van der Waals surface area contributed by atoms with Crippen molar-refractivity contribution in [2.45, 2.75) is 45.6 Å². The van der Waals surface area contributed by atoms with Gasteiger partial charge in [0.2, 0.25) is 0 Å². The number of piperidine rings is 1. The number of aromatic nitrogens is 3. The van der Waals surface area contributed by atoms with Gasteiger partial charge in [-0.3, -0.25) is 4.79 Å². The van der Waals surface area contributed by atoms with Crippen LogP contribution in [-0.2, 0) is 0 Å². The van der Waals surface area contributed by atoms with E-state index in [1.165, 1.54) is 16.9 Å². The van der Waals surface area contributed by atoms with Gasteiger partial charge in [-0.05, 0) is 43.0 Å². The van der Waals surface area contributed by atoms with E-state index in [1.54, 1.807) is 0 Å². The standard InChI is InChI=1S/C24H31N5OS/c1-5-28-12-10-20(11-13-28)27(4)24(30)22-16-31-23(26-22)19-14-25-29(15-19)21-8-6-18(7-9-21)17(2)3/h6-9,14-17,20H,5,10-13H2,1-4H3. The Morgan fingerprint density at radius 1 is 1.23 bits per heavy atom. The SMILES string of the molecule is CCN1CCC(N(C)C(=O)c2csc(-c3cnn(-c4ccc(C(C)C)cc4)c3)n2)CC1. The van der Waals surface area contributed by atoms with Crippen molar-refractivity contribution in [3.63, 3.8) is 0 Å². The molecule has 1 fully saturated rings. The van der Waals surface area contributed by atoms with Gasteiger partial charge in [-0.1, -0.05) is 32.9 Å². The summed E-state index contributed by atoms with van der Waals surface area (Å²) in [5.41, 5.74) is 3.77. The Kier molecular flexibility index (Phi) is 6.53. The quantitative estimate of drug-likeness (QED) is 0.562. The monoisotopic (exact) mass is 437 g/mol. The zero-order valence-electron chi connectivity index (χ0n) is 18.8. The molecule has 1 saturated heterocycles. The van der Waals surface area contributed by atoms with E-state index in [0.29, 0.717) is 11.6 Å². The Hall–Kier alpha value is -2.51. The van der Waals surface area contributed by atoms with Gasteiger partial charge in [0.1, 0.15) is 10.7 Å². The lowest BCUT2D eigenvalue weighted by Crippen LogP contribution is -2.45. The summed E-state index contributed by atoms with van der Waals surface area (Å²) in [6, 6.07) is 8.74. The highest BCUT2D eigenvalue weighted by Crippen LogP contribution is 2.26. The van der Waals surface area contributed by atoms with Gasteiger partial charge in [0, 0.05) is 43.3 Å². The first-order valence-electron chi connectivity index (χ1n) is 11.1. The summed E-state index contributed by atoms with van der Waals surface area (Å²) in [4.78, 5) is 21.9. The second-order valence-electron chi connectivity index (χ2n) is 8.54. The lowest BCUT2D eigenvalue weighted by atomic mass is 10.0. The minimum Gasteiger partial charge on any atom is -0.337 e. The third-order valence-corrected chi connectivity index (χ3v) is 7.14. The second-order valence-corrected chi connectivity index (χ2v) is 9.40. The molecule has 3 heterocycles. The van der Waals surface area contributed by atoms with Crippen molar-refractivity contribution >= 4 is 17.2 Å². The third kappa shape index (κ3) is 4.72. The topological polar surface area (TPSA) is 54.3 Å². The second kappa shape index (κ2) is 9.32. The van der Waals surface area contributed by atoms with E-state index in [4.69, 9.17) is 0 Å². The van der Waals surface area contributed by atoms with Gasteiger partial charge in [-0.15, -0.1) is 11.3 Å². The highest BCUT2D eigenvalue weighted by atomic mass is 32.1. The van der Waals surface area contributed by atoms with E-state index in [2.05, 4.69) is 60.0 Å². The molecular formula is C24H31N5OS. The summed E-state index contributed by atoms with van der Waals surface area (Å²) >= 11 is 1.49. The Labute approximate surface area is 188 Å². The van der Waals surface area contributed by atoms with Gasteiger partial charge in [-0.2, -0.15) is 5.10 Å². The molecule has 1 amide bonds. The molecule has 0 atom stereocenters. The molecule has 4 rings (SSSR count). The lowest BCUT2D eigenvalue weighted by Gasteiger charge is -2.36. The van der Waals surface area contributed by atoms with Crippen molar-refractivity contribution < 1.29 is 4.79 Å². The minimum atomic E-state index is 0.00844. The summed E-state index contributed by atoms with van der Waals surface area (Å²) in [5, 5.41) is 7.19. The van der Waals surface area contributed by atoms with Gasteiger partial charge in [0.15, 0.2) is 0 Å². The molecule has 164 valence electrons. The summed E-state index contributed by atoms with van der Waals surface area (Å²) in [6.07, 6.45) is 5.83. The first-order valence-corrected chi connectivity index (χ1v) is 11.9. The molecule has 31 heavy (non-hydrogen) atoms. The maximum atomic E-state index is 13.0. The molecule has 7 heteroatoms. The van der Waals surface area contributed by atoms with E-state index in [1.807, 2.05) is 34.4 Å². The number of benzene rings is 1. The molecule has 2 aromatic heterocycles. The molecule has 1 aromatic carbocycles. The summed E-state index contributed by atoms with van der Waals surface area (Å²) in [7, 11) is 1.91. The van der Waals surface area contributed by atoms with E-state index in [0.717, 1.165) is 48.7 Å². The largest absolute Gasteiger partial charge is 0.337 e. The molecule has 1 aliphatic heterocycles. The molecule has 0 radical (unpaired) electrons. The summed E-state index contributed by atoms with van der Waals surface area (Å²) in [6.45, 7) is 9.75. The van der Waals surface area contributed by atoms with Crippen molar-refractivity contribution in [2.24, 2.45) is 0 Å². The highest BCUT2D eigenvalue weighted by molar-refractivity contribution is 7.13. The zero-order chi connectivity index (χ0) is 22.0. The maximum Gasteiger partial charge on any atom is 0.273 e. The Morgan fingerprint density at radius 3 is 2.58 bits per heavy atom. The smallest absolute Gasteiger partial charge is 0.273 e. The molecule has 0 aliphatic carbocycles. The fourth-order valence-electron chi connectivity index (χ4n) is 4.06. The molecular weight excluding hydrogens is 406 g/mol. The predicted octanol–water partition coefficient (Wildman–Crippen LogP) is 4.68. The number of thiazole rings is 1. The van der Waals surface area contributed by atoms with Crippen molar-refractivity contribution in [3.8, 4) is 16.3 Å². The fourth-order valence-corrected chi connectivity index (χ4v) is 4.83. The van der Waals surface area contributed by atoms with Crippen LogP contribution in [0.5, 0.6) is 0 Å². The summed E-state index contributed by atoms with van der Waals surface area (Å²) in [5.74, 6) is 0.514. The number of carbonyl (C=O) groups excluding carboxylic acids is 1. The summed E-state index contributed by atoms with van der Waals surface area (Å²) < 4.78 is 1.86. The molecule has 0 unspecified atom stereocenters. The van der Waals surface area contributed by atoms with Crippen molar-refractivity contribution in [3.05, 3.63) is 53.3 Å².